The van der Waals surface area contributed by atoms with Crippen LogP contribution in [0, 0.1) is 11.8 Å². The molecule has 12 heteroatoms. The van der Waals surface area contributed by atoms with Crippen molar-refractivity contribution in [3.63, 3.8) is 0 Å². The molecular formula is C40H68N4O7S. The van der Waals surface area contributed by atoms with E-state index in [-0.39, 0.29) is 40.1 Å². The standard InChI is InChI=1S/C22H38N2O4S.C18H30N2O3/c1-20(2,3)28-19(25)24-15-16(14-22(24,7)8)11-12-17(18-10-9-13-27-18)23-29(26)21(4,5)6;1-17(2,3)23-16(21)20-12-13(11-18(20,4)5)8-9-14(19)15-7-6-10-22-15/h9-10,13,16-17,23H,11-12,14-15H2,1-8H3;6-7,10,13-14H,8-9,11-12,19H2,1-5H3/t16-,17?,29?;13-,14?/m00/s1. The Morgan fingerprint density at radius 1 is 0.808 bits per heavy atom. The second-order valence-corrected chi connectivity index (χ2v) is 20.8. The van der Waals surface area contributed by atoms with E-state index < -0.39 is 22.2 Å². The number of rotatable bonds is 10. The number of hydrogen-bond donors (Lipinski definition) is 2. The summed E-state index contributed by atoms with van der Waals surface area (Å²) in [6, 6.07) is 7.34. The molecule has 0 saturated carbocycles. The first-order valence-corrected chi connectivity index (χ1v) is 19.9. The molecule has 0 bridgehead atoms. The van der Waals surface area contributed by atoms with Crippen LogP contribution < -0.4 is 10.5 Å². The Bertz CT molecular complexity index is 1440. The summed E-state index contributed by atoms with van der Waals surface area (Å²) < 4.78 is 37.6. The lowest BCUT2D eigenvalue weighted by Gasteiger charge is -2.33. The van der Waals surface area contributed by atoms with Crippen molar-refractivity contribution in [1.82, 2.24) is 14.5 Å². The summed E-state index contributed by atoms with van der Waals surface area (Å²) in [5.41, 5.74) is 4.78. The van der Waals surface area contributed by atoms with E-state index in [4.69, 9.17) is 24.0 Å². The zero-order valence-electron chi connectivity index (χ0n) is 34.2. The first-order valence-electron chi connectivity index (χ1n) is 18.8. The molecule has 4 heterocycles. The number of nitrogens with zero attached hydrogens (tertiary/aromatic N) is 2. The molecule has 2 aliphatic heterocycles. The van der Waals surface area contributed by atoms with Gasteiger partial charge in [-0.25, -0.2) is 18.5 Å². The van der Waals surface area contributed by atoms with Gasteiger partial charge in [-0.3, -0.25) is 0 Å². The SMILES string of the molecule is CC(C)(C)OC(=O)N1C[C@@H](CCC(N)c2ccco2)CC1(C)C.CC(C)(C)OC(=O)N1C[C@@H](CCC(NS(=O)C(C)(C)C)c2ccco2)CC1(C)C. The topological polar surface area (TPSA) is 140 Å². The quantitative estimate of drug-likeness (QED) is 0.245. The van der Waals surface area contributed by atoms with Crippen LogP contribution in [0.3, 0.4) is 0 Å². The molecule has 5 atom stereocenters. The van der Waals surface area contributed by atoms with Gasteiger partial charge in [0.2, 0.25) is 0 Å². The van der Waals surface area contributed by atoms with Crippen molar-refractivity contribution in [3.8, 4) is 0 Å². The number of nitrogens with two attached hydrogens (primary N) is 1. The summed E-state index contributed by atoms with van der Waals surface area (Å²) in [4.78, 5) is 28.8. The van der Waals surface area contributed by atoms with Gasteiger partial charge in [0, 0.05) is 24.2 Å². The zero-order valence-corrected chi connectivity index (χ0v) is 35.0. The highest BCUT2D eigenvalue weighted by Crippen LogP contribution is 2.39. The van der Waals surface area contributed by atoms with Gasteiger partial charge in [0.1, 0.15) is 22.7 Å². The van der Waals surface area contributed by atoms with Crippen LogP contribution in [0.15, 0.2) is 45.6 Å². The summed E-state index contributed by atoms with van der Waals surface area (Å²) in [6.07, 6.45) is 8.24. The Hall–Kier alpha value is -2.83. The van der Waals surface area contributed by atoms with E-state index in [9.17, 15) is 13.8 Å². The van der Waals surface area contributed by atoms with E-state index in [0.29, 0.717) is 18.4 Å². The minimum absolute atomic E-state index is 0.0799. The summed E-state index contributed by atoms with van der Waals surface area (Å²) in [6.45, 7) is 27.0. The van der Waals surface area contributed by atoms with Crippen LogP contribution in [0.4, 0.5) is 9.59 Å². The van der Waals surface area contributed by atoms with E-state index >= 15 is 0 Å². The maximum absolute atomic E-state index is 12.6. The fourth-order valence-corrected chi connectivity index (χ4v) is 7.80. The number of ether oxygens (including phenoxy) is 2. The smallest absolute Gasteiger partial charge is 0.410 e. The lowest BCUT2D eigenvalue weighted by atomic mass is 9.92. The molecule has 2 saturated heterocycles. The molecule has 11 nitrogen and oxygen atoms in total. The van der Waals surface area contributed by atoms with Crippen molar-refractivity contribution >= 4 is 23.2 Å². The second kappa shape index (κ2) is 17.1. The van der Waals surface area contributed by atoms with Crippen LogP contribution in [0.2, 0.25) is 0 Å². The summed E-state index contributed by atoms with van der Waals surface area (Å²) in [7, 11) is -1.19. The van der Waals surface area contributed by atoms with Gasteiger partial charge < -0.3 is 33.8 Å². The molecule has 2 aromatic rings. The molecule has 4 rings (SSSR count). The molecule has 2 amide bonds. The minimum atomic E-state index is -1.19. The third-order valence-corrected chi connectivity index (χ3v) is 11.1. The fourth-order valence-electron chi connectivity index (χ4n) is 6.95. The Morgan fingerprint density at radius 3 is 1.62 bits per heavy atom. The van der Waals surface area contributed by atoms with Gasteiger partial charge in [-0.1, -0.05) is 0 Å². The monoisotopic (exact) mass is 748 g/mol. The average Bonchev–Trinajstić information content (AvgIpc) is 3.79. The van der Waals surface area contributed by atoms with Crippen LogP contribution in [0.1, 0.15) is 152 Å². The van der Waals surface area contributed by atoms with Crippen LogP contribution in [0.25, 0.3) is 0 Å². The highest BCUT2D eigenvalue weighted by molar-refractivity contribution is 7.84. The van der Waals surface area contributed by atoms with Crippen molar-refractivity contribution in [2.45, 2.75) is 168 Å². The third kappa shape index (κ3) is 13.2. The maximum Gasteiger partial charge on any atom is 0.410 e. The third-order valence-electron chi connectivity index (χ3n) is 9.50. The molecule has 52 heavy (non-hydrogen) atoms. The number of furan rings is 2. The molecule has 0 spiro atoms. The molecule has 2 aliphatic rings. The number of likely N-dealkylation sites (tertiary alicyclic amines) is 2. The van der Waals surface area contributed by atoms with E-state index in [2.05, 4.69) is 32.4 Å². The van der Waals surface area contributed by atoms with Crippen molar-refractivity contribution < 1.29 is 32.1 Å². The number of carbonyl (C=O) groups excluding carboxylic acids is 2. The second-order valence-electron chi connectivity index (χ2n) is 18.8. The van der Waals surface area contributed by atoms with Crippen molar-refractivity contribution in [2.24, 2.45) is 17.6 Å². The van der Waals surface area contributed by atoms with Gasteiger partial charge in [0.15, 0.2) is 0 Å². The molecule has 3 N–H and O–H groups in total. The van der Waals surface area contributed by atoms with E-state index in [1.165, 1.54) is 0 Å². The number of carbonyl (C=O) groups is 2. The summed E-state index contributed by atoms with van der Waals surface area (Å²) >= 11 is 0. The average molecular weight is 749 g/mol. The Labute approximate surface area is 315 Å². The van der Waals surface area contributed by atoms with Crippen LogP contribution >= 0.6 is 0 Å². The van der Waals surface area contributed by atoms with E-state index in [1.54, 1.807) is 12.5 Å². The largest absolute Gasteiger partial charge is 0.468 e. The highest BCUT2D eigenvalue weighted by Gasteiger charge is 2.44. The molecule has 2 aromatic heterocycles. The van der Waals surface area contributed by atoms with Crippen LogP contribution in [-0.4, -0.2) is 66.3 Å². The number of hydrogen-bond acceptors (Lipinski definition) is 8. The molecular weight excluding hydrogens is 681 g/mol. The Balaban J connectivity index is 0.000000288. The first-order chi connectivity index (χ1) is 23.8. The predicted molar refractivity (Wildman–Crippen MR) is 207 cm³/mol. The zero-order chi connectivity index (χ0) is 39.3. The maximum atomic E-state index is 12.6. The number of amides is 2. The molecule has 296 valence electrons. The van der Waals surface area contributed by atoms with Gasteiger partial charge in [0.05, 0.1) is 40.3 Å². The van der Waals surface area contributed by atoms with Crippen molar-refractivity contribution in [1.29, 1.82) is 0 Å². The molecule has 0 aromatic carbocycles. The van der Waals surface area contributed by atoms with Gasteiger partial charge in [-0.15, -0.1) is 0 Å². The molecule has 2 fully saturated rings. The predicted octanol–water partition coefficient (Wildman–Crippen LogP) is 9.28. The molecule has 0 aliphatic carbocycles. The van der Waals surface area contributed by atoms with Crippen molar-refractivity contribution in [2.75, 3.05) is 13.1 Å². The highest BCUT2D eigenvalue weighted by atomic mass is 32.2. The Kier molecular flexibility index (Phi) is 14.3. The van der Waals surface area contributed by atoms with Crippen molar-refractivity contribution in [3.05, 3.63) is 48.3 Å². The van der Waals surface area contributed by atoms with E-state index in [0.717, 1.165) is 56.6 Å². The fraction of sp³-hybridized carbons (Fsp3) is 0.750. The first kappa shape index (κ1) is 43.6. The number of nitrogens with one attached hydrogen (secondary N) is 1. The molecule has 0 radical (unpaired) electrons. The Morgan fingerprint density at radius 2 is 1.23 bits per heavy atom. The van der Waals surface area contributed by atoms with E-state index in [1.807, 2.05) is 96.4 Å². The normalized spacial score (nSPS) is 22.0. The van der Waals surface area contributed by atoms with Gasteiger partial charge >= 0.3 is 12.2 Å². The summed E-state index contributed by atoms with van der Waals surface area (Å²) in [5, 5.41) is 0. The molecule has 3 unspecified atom stereocenters. The van der Waals surface area contributed by atoms with Crippen LogP contribution in [-0.2, 0) is 20.5 Å². The summed E-state index contributed by atoms with van der Waals surface area (Å²) in [5.74, 6) is 2.42. The minimum Gasteiger partial charge on any atom is -0.468 e. The van der Waals surface area contributed by atoms with Gasteiger partial charge in [-0.05, 0) is 165 Å². The lowest BCUT2D eigenvalue weighted by Crippen LogP contribution is -2.45. The van der Waals surface area contributed by atoms with Gasteiger partial charge in [-0.2, -0.15) is 0 Å². The lowest BCUT2D eigenvalue weighted by molar-refractivity contribution is 0.0118. The van der Waals surface area contributed by atoms with Crippen LogP contribution in [0.5, 0.6) is 0 Å². The van der Waals surface area contributed by atoms with Gasteiger partial charge in [0.25, 0.3) is 0 Å².